The molecule has 0 unspecified atom stereocenters. The fourth-order valence-electron chi connectivity index (χ4n) is 1.13. The molecule has 0 spiro atoms. The highest BCUT2D eigenvalue weighted by Gasteiger charge is 1.85. The van der Waals surface area contributed by atoms with Gasteiger partial charge >= 0.3 is 0 Å². The van der Waals surface area contributed by atoms with Crippen molar-refractivity contribution in [2.24, 2.45) is 0 Å². The summed E-state index contributed by atoms with van der Waals surface area (Å²) in [7, 11) is 0. The highest BCUT2D eigenvalue weighted by atomic mass is 16.1. The predicted octanol–water partition coefficient (Wildman–Crippen LogP) is 2.51. The first-order valence-corrected chi connectivity index (χ1v) is 4.69. The van der Waals surface area contributed by atoms with Gasteiger partial charge in [-0.05, 0) is 29.0 Å². The lowest BCUT2D eigenvalue weighted by atomic mass is 10.1. The molecule has 19 heavy (non-hydrogen) atoms. The molecule has 0 saturated carbocycles. The van der Waals surface area contributed by atoms with Gasteiger partial charge in [0.25, 0.3) is 0 Å². The number of benzene rings is 2. The molecular formula is C13H8N3O3-3. The van der Waals surface area contributed by atoms with Crippen molar-refractivity contribution in [3.63, 3.8) is 0 Å². The van der Waals surface area contributed by atoms with Gasteiger partial charge in [-0.15, -0.1) is 0 Å². The van der Waals surface area contributed by atoms with Gasteiger partial charge in [0.05, 0.1) is 0 Å². The molecule has 0 fully saturated rings. The zero-order valence-corrected chi connectivity index (χ0v) is 9.69. The van der Waals surface area contributed by atoms with Crippen molar-refractivity contribution in [2.45, 2.75) is 0 Å². The number of carbonyl (C=O) groups excluding carboxylic acids is 3. The molecule has 2 aromatic carbocycles. The average Bonchev–Trinajstić information content (AvgIpc) is 2.42. The summed E-state index contributed by atoms with van der Waals surface area (Å²) < 4.78 is 0. The summed E-state index contributed by atoms with van der Waals surface area (Å²) in [6, 6.07) is 16.7. The summed E-state index contributed by atoms with van der Waals surface area (Å²) in [6.45, 7) is 0. The molecule has 96 valence electrons. The third-order valence-corrected chi connectivity index (χ3v) is 1.66. The van der Waals surface area contributed by atoms with Crippen molar-refractivity contribution in [3.8, 4) is 0 Å². The van der Waals surface area contributed by atoms with Crippen LogP contribution in [0.2, 0.25) is 0 Å². The van der Waals surface area contributed by atoms with E-state index in [1.165, 1.54) is 10.8 Å². The van der Waals surface area contributed by atoms with E-state index in [1.54, 1.807) is 0 Å². The minimum atomic E-state index is 0.500. The summed E-state index contributed by atoms with van der Waals surface area (Å²) in [6.07, 6.45) is 1.50. The van der Waals surface area contributed by atoms with Crippen molar-refractivity contribution >= 4 is 29.0 Å². The molecular weight excluding hydrogens is 246 g/mol. The SMILES string of the molecule is [N-]=C=O.[N-]=C=O.[N-]=C=O.c1ccc2ccccc2c1. The van der Waals surface area contributed by atoms with Crippen molar-refractivity contribution in [3.05, 3.63) is 64.8 Å². The molecule has 0 bridgehead atoms. The topological polar surface area (TPSA) is 118 Å². The van der Waals surface area contributed by atoms with Crippen LogP contribution in [0.3, 0.4) is 0 Å². The Balaban J connectivity index is 0. The standard InChI is InChI=1S/C10H8.3CNO/c1-2-6-10-8-4-3-7-9(10)5-1;3*2-1-3/h1-8H;;;/q;3*-1. The van der Waals surface area contributed by atoms with Crippen LogP contribution >= 0.6 is 0 Å². The summed E-state index contributed by atoms with van der Waals surface area (Å²) in [5, 5.41) is 22.9. The normalized spacial score (nSPS) is 6.53. The van der Waals surface area contributed by atoms with E-state index in [0.29, 0.717) is 18.2 Å². The van der Waals surface area contributed by atoms with Crippen LogP contribution in [0.25, 0.3) is 27.0 Å². The summed E-state index contributed by atoms with van der Waals surface area (Å²) in [4.78, 5) is 24.7. The Hall–Kier alpha value is -3.16. The maximum absolute atomic E-state index is 8.24. The summed E-state index contributed by atoms with van der Waals surface area (Å²) >= 11 is 0. The van der Waals surface area contributed by atoms with E-state index in [9.17, 15) is 0 Å². The smallest absolute Gasteiger partial charge is 0.0159 e. The van der Waals surface area contributed by atoms with E-state index in [1.807, 2.05) is 0 Å². The molecule has 0 amide bonds. The van der Waals surface area contributed by atoms with Gasteiger partial charge in [-0.2, -0.15) is 0 Å². The molecule has 0 N–H and O–H groups in total. The number of hydrogen-bond donors (Lipinski definition) is 0. The second-order valence-electron chi connectivity index (χ2n) is 2.62. The van der Waals surface area contributed by atoms with Crippen LogP contribution in [0.4, 0.5) is 0 Å². The predicted molar refractivity (Wildman–Crippen MR) is 71.1 cm³/mol. The first kappa shape index (κ1) is 18.2. The Morgan fingerprint density at radius 2 is 0.737 bits per heavy atom. The molecule has 0 aromatic heterocycles. The van der Waals surface area contributed by atoms with Gasteiger partial charge in [0, 0.05) is 0 Å². The Kier molecular flexibility index (Phi) is 14.2. The molecule has 0 atom stereocenters. The van der Waals surface area contributed by atoms with Gasteiger partial charge in [0.15, 0.2) is 0 Å². The van der Waals surface area contributed by atoms with Crippen LogP contribution in [-0.4, -0.2) is 18.2 Å². The lowest BCUT2D eigenvalue weighted by Gasteiger charge is -1.92. The molecule has 2 aromatic rings. The minimum Gasteiger partial charge on any atom is -0.724 e. The second-order valence-corrected chi connectivity index (χ2v) is 2.62. The van der Waals surface area contributed by atoms with Crippen LogP contribution in [-0.2, 0) is 14.4 Å². The van der Waals surface area contributed by atoms with Crippen molar-refractivity contribution in [2.75, 3.05) is 0 Å². The Labute approximate surface area is 109 Å². The molecule has 0 heterocycles. The third-order valence-electron chi connectivity index (χ3n) is 1.66. The van der Waals surface area contributed by atoms with Gasteiger partial charge in [0.1, 0.15) is 0 Å². The van der Waals surface area contributed by atoms with Crippen molar-refractivity contribution in [1.29, 1.82) is 0 Å². The van der Waals surface area contributed by atoms with Gasteiger partial charge in [0.2, 0.25) is 0 Å². The van der Waals surface area contributed by atoms with E-state index in [-0.39, 0.29) is 0 Å². The summed E-state index contributed by atoms with van der Waals surface area (Å²) in [5.74, 6) is 0. The quantitative estimate of drug-likeness (QED) is 0.530. The molecule has 0 aliphatic heterocycles. The van der Waals surface area contributed by atoms with Crippen molar-refractivity contribution < 1.29 is 14.4 Å². The molecule has 0 aliphatic rings. The largest absolute Gasteiger partial charge is 0.724 e. The zero-order valence-electron chi connectivity index (χ0n) is 9.69. The number of nitrogens with zero attached hydrogens (tertiary/aromatic N) is 3. The number of fused-ring (bicyclic) bond motifs is 1. The highest BCUT2D eigenvalue weighted by Crippen LogP contribution is 2.11. The van der Waals surface area contributed by atoms with Gasteiger partial charge in [-0.3, -0.25) is 14.4 Å². The average molecular weight is 254 g/mol. The molecule has 0 saturated heterocycles. The number of rotatable bonds is 0. The van der Waals surface area contributed by atoms with Gasteiger partial charge in [-0.1, -0.05) is 48.5 Å². The minimum absolute atomic E-state index is 0.500. The lowest BCUT2D eigenvalue weighted by Crippen LogP contribution is -1.67. The second kappa shape index (κ2) is 14.8. The van der Waals surface area contributed by atoms with Gasteiger partial charge < -0.3 is 16.2 Å². The van der Waals surface area contributed by atoms with Gasteiger partial charge in [-0.25, -0.2) is 0 Å². The monoisotopic (exact) mass is 254 g/mol. The summed E-state index contributed by atoms with van der Waals surface area (Å²) in [5.41, 5.74) is 0. The first-order chi connectivity index (χ1) is 9.21. The van der Waals surface area contributed by atoms with E-state index in [4.69, 9.17) is 30.6 Å². The fourth-order valence-corrected chi connectivity index (χ4v) is 1.13. The van der Waals surface area contributed by atoms with E-state index < -0.39 is 0 Å². The zero-order chi connectivity index (χ0) is 14.9. The number of hydrogen-bond acceptors (Lipinski definition) is 3. The maximum atomic E-state index is 8.24. The van der Waals surface area contributed by atoms with Crippen LogP contribution < -0.4 is 0 Å². The highest BCUT2D eigenvalue weighted by molar-refractivity contribution is 5.81. The first-order valence-electron chi connectivity index (χ1n) is 4.69. The lowest BCUT2D eigenvalue weighted by molar-refractivity contribution is 0.568. The van der Waals surface area contributed by atoms with Crippen LogP contribution in [0.5, 0.6) is 0 Å². The number of isocyanates is 3. The Morgan fingerprint density at radius 1 is 0.579 bits per heavy atom. The fraction of sp³-hybridized carbons (Fsp3) is 0. The molecule has 6 nitrogen and oxygen atoms in total. The van der Waals surface area contributed by atoms with E-state index in [0.717, 1.165) is 0 Å². The van der Waals surface area contributed by atoms with Crippen LogP contribution in [0.1, 0.15) is 0 Å². The molecule has 0 radical (unpaired) electrons. The Morgan fingerprint density at radius 3 is 0.895 bits per heavy atom. The van der Waals surface area contributed by atoms with Crippen molar-refractivity contribution in [1.82, 2.24) is 0 Å². The molecule has 6 heteroatoms. The van der Waals surface area contributed by atoms with E-state index >= 15 is 0 Å². The third kappa shape index (κ3) is 11.1. The Bertz CT molecular complexity index is 484. The van der Waals surface area contributed by atoms with Crippen LogP contribution in [0, 0.1) is 0 Å². The molecule has 0 aliphatic carbocycles. The maximum Gasteiger partial charge on any atom is -0.0159 e. The molecule has 2 rings (SSSR count). The van der Waals surface area contributed by atoms with E-state index in [2.05, 4.69) is 48.5 Å². The van der Waals surface area contributed by atoms with Crippen LogP contribution in [0.15, 0.2) is 48.5 Å².